The Labute approximate surface area is 155 Å². The van der Waals surface area contributed by atoms with E-state index < -0.39 is 0 Å². The number of anilines is 1. The van der Waals surface area contributed by atoms with Crippen LogP contribution in [0.3, 0.4) is 0 Å². The predicted molar refractivity (Wildman–Crippen MR) is 105 cm³/mol. The first-order chi connectivity index (χ1) is 12.6. The Morgan fingerprint density at radius 3 is 2.38 bits per heavy atom. The topological polar surface area (TPSA) is 61.4 Å². The lowest BCUT2D eigenvalue weighted by Crippen LogP contribution is -2.31. The SMILES string of the molecule is CCNCc1ccccc1NC(=O)CCN(Cc1ccccc1)C(C)=O. The zero-order valence-electron chi connectivity index (χ0n) is 15.5. The van der Waals surface area contributed by atoms with E-state index >= 15 is 0 Å². The lowest BCUT2D eigenvalue weighted by Gasteiger charge is -2.21. The van der Waals surface area contributed by atoms with Gasteiger partial charge in [-0.1, -0.05) is 55.5 Å². The van der Waals surface area contributed by atoms with Crippen LogP contribution >= 0.6 is 0 Å². The van der Waals surface area contributed by atoms with E-state index in [9.17, 15) is 9.59 Å². The predicted octanol–water partition coefficient (Wildman–Crippen LogP) is 3.17. The van der Waals surface area contributed by atoms with Gasteiger partial charge in [-0.05, 0) is 23.7 Å². The van der Waals surface area contributed by atoms with Gasteiger partial charge in [0.1, 0.15) is 0 Å². The van der Waals surface area contributed by atoms with E-state index in [1.807, 2.05) is 61.5 Å². The van der Waals surface area contributed by atoms with E-state index in [4.69, 9.17) is 0 Å². The summed E-state index contributed by atoms with van der Waals surface area (Å²) in [5.41, 5.74) is 2.92. The fourth-order valence-electron chi connectivity index (χ4n) is 2.66. The van der Waals surface area contributed by atoms with Crippen LogP contribution in [0.1, 0.15) is 31.4 Å². The molecule has 0 fully saturated rings. The Balaban J connectivity index is 1.91. The highest BCUT2D eigenvalue weighted by Crippen LogP contribution is 2.15. The number of nitrogens with zero attached hydrogens (tertiary/aromatic N) is 1. The fraction of sp³-hybridized carbons (Fsp3) is 0.333. The molecule has 0 bridgehead atoms. The van der Waals surface area contributed by atoms with Crippen molar-refractivity contribution < 1.29 is 9.59 Å². The van der Waals surface area contributed by atoms with Crippen molar-refractivity contribution in [2.75, 3.05) is 18.4 Å². The molecule has 0 atom stereocenters. The highest BCUT2D eigenvalue weighted by molar-refractivity contribution is 5.91. The number of carbonyl (C=O) groups excluding carboxylic acids is 2. The van der Waals surface area contributed by atoms with Crippen molar-refractivity contribution in [3.63, 3.8) is 0 Å². The van der Waals surface area contributed by atoms with Crippen LogP contribution in [0.4, 0.5) is 5.69 Å². The molecule has 0 unspecified atom stereocenters. The Bertz CT molecular complexity index is 716. The van der Waals surface area contributed by atoms with Gasteiger partial charge in [0.2, 0.25) is 11.8 Å². The molecule has 2 amide bonds. The first-order valence-electron chi connectivity index (χ1n) is 8.98. The van der Waals surface area contributed by atoms with Gasteiger partial charge in [-0.25, -0.2) is 0 Å². The van der Waals surface area contributed by atoms with Crippen LogP contribution < -0.4 is 10.6 Å². The van der Waals surface area contributed by atoms with Gasteiger partial charge in [0.05, 0.1) is 0 Å². The number of amides is 2. The minimum absolute atomic E-state index is 0.0331. The molecule has 0 aliphatic rings. The largest absolute Gasteiger partial charge is 0.338 e. The molecule has 0 heterocycles. The molecule has 0 saturated carbocycles. The summed E-state index contributed by atoms with van der Waals surface area (Å²) in [4.78, 5) is 25.9. The minimum Gasteiger partial charge on any atom is -0.338 e. The van der Waals surface area contributed by atoms with Gasteiger partial charge in [-0.15, -0.1) is 0 Å². The van der Waals surface area contributed by atoms with E-state index in [-0.39, 0.29) is 18.2 Å². The van der Waals surface area contributed by atoms with E-state index in [1.54, 1.807) is 4.90 Å². The van der Waals surface area contributed by atoms with E-state index in [0.717, 1.165) is 23.4 Å². The van der Waals surface area contributed by atoms with Crippen LogP contribution in [-0.4, -0.2) is 29.8 Å². The summed E-state index contributed by atoms with van der Waals surface area (Å²) in [5.74, 6) is -0.123. The highest BCUT2D eigenvalue weighted by Gasteiger charge is 2.13. The molecular weight excluding hydrogens is 326 g/mol. The molecule has 2 aromatic rings. The molecule has 138 valence electrons. The van der Waals surface area contributed by atoms with Gasteiger partial charge in [0, 0.05) is 38.7 Å². The van der Waals surface area contributed by atoms with Crippen LogP contribution in [0.15, 0.2) is 54.6 Å². The van der Waals surface area contributed by atoms with Gasteiger partial charge in [0.15, 0.2) is 0 Å². The van der Waals surface area contributed by atoms with Gasteiger partial charge in [-0.3, -0.25) is 9.59 Å². The first-order valence-corrected chi connectivity index (χ1v) is 8.98. The summed E-state index contributed by atoms with van der Waals surface area (Å²) >= 11 is 0. The van der Waals surface area contributed by atoms with E-state index in [1.165, 1.54) is 6.92 Å². The van der Waals surface area contributed by atoms with Crippen molar-refractivity contribution in [1.29, 1.82) is 0 Å². The third-order valence-electron chi connectivity index (χ3n) is 4.13. The van der Waals surface area contributed by atoms with Gasteiger partial charge in [0.25, 0.3) is 0 Å². The molecule has 0 spiro atoms. The molecule has 5 nitrogen and oxygen atoms in total. The Morgan fingerprint density at radius 2 is 1.69 bits per heavy atom. The molecule has 5 heteroatoms. The van der Waals surface area contributed by atoms with Crippen molar-refractivity contribution in [2.24, 2.45) is 0 Å². The molecule has 2 rings (SSSR count). The second-order valence-corrected chi connectivity index (χ2v) is 6.16. The van der Waals surface area contributed by atoms with Gasteiger partial charge in [-0.2, -0.15) is 0 Å². The number of hydrogen-bond acceptors (Lipinski definition) is 3. The summed E-state index contributed by atoms with van der Waals surface area (Å²) in [6, 6.07) is 17.6. The summed E-state index contributed by atoms with van der Waals surface area (Å²) in [7, 11) is 0. The Kier molecular flexibility index (Phi) is 7.83. The second-order valence-electron chi connectivity index (χ2n) is 6.16. The van der Waals surface area contributed by atoms with Crippen molar-refractivity contribution in [1.82, 2.24) is 10.2 Å². The van der Waals surface area contributed by atoms with Crippen LogP contribution in [0, 0.1) is 0 Å². The maximum atomic E-state index is 12.3. The van der Waals surface area contributed by atoms with E-state index in [2.05, 4.69) is 10.6 Å². The summed E-state index contributed by atoms with van der Waals surface area (Å²) in [5, 5.41) is 6.23. The van der Waals surface area contributed by atoms with Crippen LogP contribution in [0.25, 0.3) is 0 Å². The number of nitrogens with one attached hydrogen (secondary N) is 2. The molecule has 26 heavy (non-hydrogen) atoms. The summed E-state index contributed by atoms with van der Waals surface area (Å²) in [6.45, 7) is 6.07. The first kappa shape index (κ1) is 19.7. The highest BCUT2D eigenvalue weighted by atomic mass is 16.2. The molecule has 2 aromatic carbocycles. The number of carbonyl (C=O) groups is 2. The third kappa shape index (κ3) is 6.33. The zero-order valence-corrected chi connectivity index (χ0v) is 15.5. The van der Waals surface area contributed by atoms with Crippen LogP contribution in [0.5, 0.6) is 0 Å². The van der Waals surface area contributed by atoms with Crippen LogP contribution in [0.2, 0.25) is 0 Å². The smallest absolute Gasteiger partial charge is 0.226 e. The van der Waals surface area contributed by atoms with Gasteiger partial charge < -0.3 is 15.5 Å². The van der Waals surface area contributed by atoms with E-state index in [0.29, 0.717) is 19.6 Å². The minimum atomic E-state index is -0.0896. The standard InChI is InChI=1S/C21H27N3O2/c1-3-22-15-19-11-7-8-12-20(19)23-21(26)13-14-24(17(2)25)16-18-9-5-4-6-10-18/h4-12,22H,3,13-16H2,1-2H3,(H,23,26). The molecule has 0 radical (unpaired) electrons. The number of rotatable bonds is 9. The Morgan fingerprint density at radius 1 is 1.00 bits per heavy atom. The zero-order chi connectivity index (χ0) is 18.8. The fourth-order valence-corrected chi connectivity index (χ4v) is 2.66. The molecular formula is C21H27N3O2. The van der Waals surface area contributed by atoms with Crippen molar-refractivity contribution >= 4 is 17.5 Å². The Hall–Kier alpha value is -2.66. The maximum absolute atomic E-state index is 12.3. The second kappa shape index (κ2) is 10.4. The number of benzene rings is 2. The number of hydrogen-bond donors (Lipinski definition) is 2. The summed E-state index contributed by atoms with van der Waals surface area (Å²) < 4.78 is 0. The molecule has 0 aliphatic carbocycles. The quantitative estimate of drug-likeness (QED) is 0.728. The lowest BCUT2D eigenvalue weighted by molar-refractivity contribution is -0.129. The molecule has 2 N–H and O–H groups in total. The average Bonchev–Trinajstić information content (AvgIpc) is 2.65. The van der Waals surface area contributed by atoms with Crippen LogP contribution in [-0.2, 0) is 22.7 Å². The lowest BCUT2D eigenvalue weighted by atomic mass is 10.1. The molecule has 0 aromatic heterocycles. The monoisotopic (exact) mass is 353 g/mol. The normalized spacial score (nSPS) is 10.4. The summed E-state index contributed by atoms with van der Waals surface area (Å²) in [6.07, 6.45) is 0.266. The van der Waals surface area contributed by atoms with Crippen molar-refractivity contribution in [2.45, 2.75) is 33.4 Å². The third-order valence-corrected chi connectivity index (χ3v) is 4.13. The maximum Gasteiger partial charge on any atom is 0.226 e. The molecule has 0 saturated heterocycles. The average molecular weight is 353 g/mol. The van der Waals surface area contributed by atoms with Crippen molar-refractivity contribution in [3.05, 3.63) is 65.7 Å². The van der Waals surface area contributed by atoms with Gasteiger partial charge >= 0.3 is 0 Å². The van der Waals surface area contributed by atoms with Crippen molar-refractivity contribution in [3.8, 4) is 0 Å². The number of para-hydroxylation sites is 1. The molecule has 0 aliphatic heterocycles.